The van der Waals surface area contributed by atoms with E-state index in [1.165, 1.54) is 11.9 Å². The number of nitrogens with zero attached hydrogens (tertiary/aromatic N) is 2. The molecule has 0 spiro atoms. The van der Waals surface area contributed by atoms with Crippen molar-refractivity contribution in [3.8, 4) is 0 Å². The van der Waals surface area contributed by atoms with Gasteiger partial charge in [-0.3, -0.25) is 14.9 Å². The smallest absolute Gasteiger partial charge is 0.308 e. The van der Waals surface area contributed by atoms with Crippen LogP contribution in [0.15, 0.2) is 12.1 Å². The summed E-state index contributed by atoms with van der Waals surface area (Å²) in [5.74, 6) is -2.29. The predicted molar refractivity (Wildman–Crippen MR) is 77.6 cm³/mol. The first-order chi connectivity index (χ1) is 9.79. The second kappa shape index (κ2) is 7.35. The normalized spacial score (nSPS) is 12.0. The van der Waals surface area contributed by atoms with Crippen LogP contribution >= 0.6 is 11.8 Å². The fourth-order valence-corrected chi connectivity index (χ4v) is 2.31. The summed E-state index contributed by atoms with van der Waals surface area (Å²) in [6.07, 6.45) is 2.60. The van der Waals surface area contributed by atoms with E-state index < -0.39 is 33.7 Å². The molecule has 1 unspecified atom stereocenters. The number of thioether (sulfide) groups is 1. The first kappa shape index (κ1) is 17.4. The Kier molecular flexibility index (Phi) is 6.07. The molecular weight excluding hydrogens is 302 g/mol. The summed E-state index contributed by atoms with van der Waals surface area (Å²) in [6, 6.07) is 0.956. The van der Waals surface area contributed by atoms with Crippen molar-refractivity contribution in [3.05, 3.63) is 39.4 Å². The lowest BCUT2D eigenvalue weighted by Gasteiger charge is -2.25. The maximum atomic E-state index is 14.0. The van der Waals surface area contributed by atoms with Crippen molar-refractivity contribution in [1.29, 1.82) is 0 Å². The maximum Gasteiger partial charge on any atom is 0.308 e. The molecule has 0 bridgehead atoms. The van der Waals surface area contributed by atoms with E-state index in [0.717, 1.165) is 5.75 Å². The largest absolute Gasteiger partial charge is 0.339 e. The molecule has 0 saturated heterocycles. The fourth-order valence-electron chi connectivity index (χ4n) is 1.74. The fraction of sp³-hybridized carbons (Fsp3) is 0.462. The molecular formula is C13H16F2N2O3S. The van der Waals surface area contributed by atoms with Crippen molar-refractivity contribution < 1.29 is 18.5 Å². The molecule has 1 aromatic rings. The molecule has 21 heavy (non-hydrogen) atoms. The number of hydrogen-bond donors (Lipinski definition) is 0. The van der Waals surface area contributed by atoms with Gasteiger partial charge in [0.15, 0.2) is 0 Å². The Morgan fingerprint density at radius 1 is 1.48 bits per heavy atom. The number of carbonyl (C=O) groups excluding carboxylic acids is 1. The Labute approximate surface area is 125 Å². The Hall–Kier alpha value is -1.70. The van der Waals surface area contributed by atoms with Crippen LogP contribution in [0.3, 0.4) is 0 Å². The van der Waals surface area contributed by atoms with Crippen LogP contribution in [0.4, 0.5) is 14.5 Å². The molecule has 1 rings (SSSR count). The summed E-state index contributed by atoms with van der Waals surface area (Å²) < 4.78 is 27.3. The van der Waals surface area contributed by atoms with Gasteiger partial charge in [0.2, 0.25) is 5.82 Å². The zero-order valence-corrected chi connectivity index (χ0v) is 12.7. The van der Waals surface area contributed by atoms with Crippen LogP contribution in [-0.2, 0) is 0 Å². The SMILES string of the molecule is CSCCC(C)N(C)C(=O)c1cc(F)cc([N+](=O)[O-])c1F. The Bertz CT molecular complexity index is 554. The molecule has 0 heterocycles. The van der Waals surface area contributed by atoms with Crippen LogP contribution in [0, 0.1) is 21.7 Å². The van der Waals surface area contributed by atoms with Gasteiger partial charge in [-0.1, -0.05) is 0 Å². The molecule has 0 radical (unpaired) electrons. The summed E-state index contributed by atoms with van der Waals surface area (Å²) in [4.78, 5) is 23.1. The summed E-state index contributed by atoms with van der Waals surface area (Å²) in [5, 5.41) is 10.7. The van der Waals surface area contributed by atoms with Crippen molar-refractivity contribution in [2.24, 2.45) is 0 Å². The van der Waals surface area contributed by atoms with E-state index in [1.807, 2.05) is 6.26 Å². The highest BCUT2D eigenvalue weighted by Gasteiger charge is 2.27. The molecule has 0 saturated carbocycles. The number of hydrogen-bond acceptors (Lipinski definition) is 4. The number of benzene rings is 1. The Balaban J connectivity index is 3.10. The molecule has 0 N–H and O–H groups in total. The molecule has 5 nitrogen and oxygen atoms in total. The van der Waals surface area contributed by atoms with Crippen molar-refractivity contribution in [3.63, 3.8) is 0 Å². The van der Waals surface area contributed by atoms with Crippen molar-refractivity contribution >= 4 is 23.4 Å². The second-order valence-electron chi connectivity index (χ2n) is 4.59. The first-order valence-corrected chi connectivity index (χ1v) is 7.58. The molecule has 8 heteroatoms. The van der Waals surface area contributed by atoms with Gasteiger partial charge in [-0.2, -0.15) is 16.2 Å². The first-order valence-electron chi connectivity index (χ1n) is 6.19. The number of nitro benzene ring substituents is 1. The number of carbonyl (C=O) groups is 1. The van der Waals surface area contributed by atoms with E-state index >= 15 is 0 Å². The molecule has 1 amide bonds. The van der Waals surface area contributed by atoms with Crippen molar-refractivity contribution in [2.45, 2.75) is 19.4 Å². The molecule has 1 aromatic carbocycles. The third kappa shape index (κ3) is 4.13. The van der Waals surface area contributed by atoms with Gasteiger partial charge in [-0.25, -0.2) is 4.39 Å². The van der Waals surface area contributed by atoms with E-state index in [2.05, 4.69) is 0 Å². The predicted octanol–water partition coefficient (Wildman–Crippen LogP) is 3.09. The molecule has 1 atom stereocenters. The highest BCUT2D eigenvalue weighted by atomic mass is 32.2. The highest BCUT2D eigenvalue weighted by molar-refractivity contribution is 7.98. The average Bonchev–Trinajstić information content (AvgIpc) is 2.44. The van der Waals surface area contributed by atoms with Crippen molar-refractivity contribution in [2.75, 3.05) is 19.1 Å². The van der Waals surface area contributed by atoms with Crippen LogP contribution in [0.2, 0.25) is 0 Å². The number of rotatable bonds is 6. The molecule has 0 aliphatic rings. The summed E-state index contributed by atoms with van der Waals surface area (Å²) in [5.41, 5.74) is -1.66. The van der Waals surface area contributed by atoms with Crippen LogP contribution in [0.5, 0.6) is 0 Å². The third-order valence-corrected chi connectivity index (χ3v) is 3.81. The van der Waals surface area contributed by atoms with E-state index in [-0.39, 0.29) is 6.04 Å². The van der Waals surface area contributed by atoms with Gasteiger partial charge in [0.25, 0.3) is 5.91 Å². The summed E-state index contributed by atoms with van der Waals surface area (Å²) in [6.45, 7) is 1.78. The molecule has 116 valence electrons. The van der Waals surface area contributed by atoms with Crippen LogP contribution in [0.25, 0.3) is 0 Å². The topological polar surface area (TPSA) is 63.5 Å². The average molecular weight is 318 g/mol. The monoisotopic (exact) mass is 318 g/mol. The molecule has 0 aliphatic heterocycles. The van der Waals surface area contributed by atoms with E-state index in [0.29, 0.717) is 18.6 Å². The third-order valence-electron chi connectivity index (χ3n) is 3.17. The number of nitro groups is 1. The van der Waals surface area contributed by atoms with Gasteiger partial charge < -0.3 is 4.90 Å². The molecule has 0 aromatic heterocycles. The second-order valence-corrected chi connectivity index (χ2v) is 5.58. The standard InChI is InChI=1S/C13H16F2N2O3S/c1-8(4-5-21-3)16(2)13(18)10-6-9(14)7-11(12(10)15)17(19)20/h6-8H,4-5H2,1-3H3. The van der Waals surface area contributed by atoms with Gasteiger partial charge in [0.05, 0.1) is 16.6 Å². The Morgan fingerprint density at radius 3 is 2.62 bits per heavy atom. The zero-order valence-electron chi connectivity index (χ0n) is 11.9. The number of halogens is 2. The lowest BCUT2D eigenvalue weighted by Crippen LogP contribution is -2.36. The van der Waals surface area contributed by atoms with Crippen LogP contribution in [-0.4, -0.2) is 40.8 Å². The zero-order chi connectivity index (χ0) is 16.2. The maximum absolute atomic E-state index is 14.0. The molecule has 0 fully saturated rings. The van der Waals surface area contributed by atoms with Gasteiger partial charge >= 0.3 is 5.69 Å². The molecule has 0 aliphatic carbocycles. The van der Waals surface area contributed by atoms with Crippen molar-refractivity contribution in [1.82, 2.24) is 4.90 Å². The number of amides is 1. The minimum atomic E-state index is -1.31. The van der Waals surface area contributed by atoms with Gasteiger partial charge in [-0.15, -0.1) is 0 Å². The van der Waals surface area contributed by atoms with Crippen LogP contribution < -0.4 is 0 Å². The van der Waals surface area contributed by atoms with Gasteiger partial charge in [-0.05, 0) is 31.4 Å². The summed E-state index contributed by atoms with van der Waals surface area (Å²) in [7, 11) is 1.46. The van der Waals surface area contributed by atoms with E-state index in [9.17, 15) is 23.7 Å². The quantitative estimate of drug-likeness (QED) is 0.597. The lowest BCUT2D eigenvalue weighted by molar-refractivity contribution is -0.387. The van der Waals surface area contributed by atoms with Crippen LogP contribution in [0.1, 0.15) is 23.7 Å². The Morgan fingerprint density at radius 2 is 2.10 bits per heavy atom. The van der Waals surface area contributed by atoms with E-state index in [1.54, 1.807) is 18.7 Å². The van der Waals surface area contributed by atoms with Gasteiger partial charge in [0.1, 0.15) is 5.82 Å². The minimum Gasteiger partial charge on any atom is -0.339 e. The highest BCUT2D eigenvalue weighted by Crippen LogP contribution is 2.24. The summed E-state index contributed by atoms with van der Waals surface area (Å²) >= 11 is 1.61. The van der Waals surface area contributed by atoms with E-state index in [4.69, 9.17) is 0 Å². The lowest BCUT2D eigenvalue weighted by atomic mass is 10.1. The van der Waals surface area contributed by atoms with Gasteiger partial charge in [0, 0.05) is 13.1 Å². The minimum absolute atomic E-state index is 0.188.